The quantitative estimate of drug-likeness (QED) is 0.195. The molecule has 0 unspecified atom stereocenters. The van der Waals surface area contributed by atoms with Gasteiger partial charge in [0.15, 0.2) is 0 Å². The van der Waals surface area contributed by atoms with Crippen molar-refractivity contribution in [2.45, 2.75) is 20.3 Å². The molecule has 0 aromatic carbocycles. The molecule has 0 spiro atoms. The standard InChI is InChI=1S/C22H31N7O2S/c1-15(2)16(11-23)10-21(25)29-22-6-5-19-20(28-22)9-17(14-27-19)18(12-24)13-26-7-4-8-32(3,30)31/h5-6,9-15,24,26H,4,7-8,23,25H2,1-3H3,(H,28,29)/b16-11+,18-13+,21-10+,24-12?. The molecule has 0 aliphatic carbocycles. The number of nitrogens with zero attached hydrogens (tertiary/aromatic N) is 2. The molecule has 172 valence electrons. The summed E-state index contributed by atoms with van der Waals surface area (Å²) < 4.78 is 22.4. The number of fused-ring (bicyclic) bond motifs is 1. The molecule has 10 heteroatoms. The summed E-state index contributed by atoms with van der Waals surface area (Å²) in [5.41, 5.74) is 15.3. The van der Waals surface area contributed by atoms with Gasteiger partial charge in [0.05, 0.1) is 16.8 Å². The molecule has 7 N–H and O–H groups in total. The van der Waals surface area contributed by atoms with Crippen molar-refractivity contribution in [3.05, 3.63) is 59.8 Å². The average molecular weight is 458 g/mol. The molecule has 0 radical (unpaired) electrons. The second-order valence-electron chi connectivity index (χ2n) is 7.69. The van der Waals surface area contributed by atoms with Crippen molar-refractivity contribution < 1.29 is 8.42 Å². The van der Waals surface area contributed by atoms with Crippen molar-refractivity contribution in [1.29, 1.82) is 5.41 Å². The van der Waals surface area contributed by atoms with E-state index in [-0.39, 0.29) is 11.7 Å². The molecule has 0 saturated heterocycles. The lowest BCUT2D eigenvalue weighted by molar-refractivity contribution is 0.598. The van der Waals surface area contributed by atoms with Crippen molar-refractivity contribution in [3.8, 4) is 0 Å². The highest BCUT2D eigenvalue weighted by atomic mass is 32.2. The van der Waals surface area contributed by atoms with Gasteiger partial charge in [-0.2, -0.15) is 0 Å². The lowest BCUT2D eigenvalue weighted by Gasteiger charge is -2.10. The number of sulfone groups is 1. The first-order valence-electron chi connectivity index (χ1n) is 10.2. The van der Waals surface area contributed by atoms with E-state index in [9.17, 15) is 8.42 Å². The van der Waals surface area contributed by atoms with Crippen molar-refractivity contribution in [2.75, 3.05) is 23.9 Å². The third-order valence-electron chi connectivity index (χ3n) is 4.57. The molecule has 2 aromatic heterocycles. The Morgan fingerprint density at radius 3 is 2.66 bits per heavy atom. The zero-order valence-corrected chi connectivity index (χ0v) is 19.4. The lowest BCUT2D eigenvalue weighted by atomic mass is 10.0. The maximum absolute atomic E-state index is 11.2. The number of hydrogen-bond donors (Lipinski definition) is 5. The molecule has 2 heterocycles. The smallest absolute Gasteiger partial charge is 0.147 e. The fourth-order valence-corrected chi connectivity index (χ4v) is 3.50. The highest BCUT2D eigenvalue weighted by Crippen LogP contribution is 2.19. The summed E-state index contributed by atoms with van der Waals surface area (Å²) in [5, 5.41) is 13.8. The fourth-order valence-electron chi connectivity index (χ4n) is 2.83. The normalized spacial score (nSPS) is 13.4. The van der Waals surface area contributed by atoms with Gasteiger partial charge in [0.1, 0.15) is 21.5 Å². The summed E-state index contributed by atoms with van der Waals surface area (Å²) >= 11 is 0. The highest BCUT2D eigenvalue weighted by molar-refractivity contribution is 7.90. The van der Waals surface area contributed by atoms with Gasteiger partial charge in [-0.3, -0.25) is 4.98 Å². The number of pyridine rings is 2. The van der Waals surface area contributed by atoms with E-state index >= 15 is 0 Å². The maximum Gasteiger partial charge on any atom is 0.147 e. The van der Waals surface area contributed by atoms with Crippen LogP contribution in [0.5, 0.6) is 0 Å². The Hall–Kier alpha value is -3.40. The first-order valence-corrected chi connectivity index (χ1v) is 12.2. The summed E-state index contributed by atoms with van der Waals surface area (Å²) in [4.78, 5) is 8.99. The largest absolute Gasteiger partial charge is 0.404 e. The van der Waals surface area contributed by atoms with Gasteiger partial charge in [0.25, 0.3) is 0 Å². The topological polar surface area (TPSA) is 160 Å². The lowest BCUT2D eigenvalue weighted by Crippen LogP contribution is -2.13. The number of allylic oxidation sites excluding steroid dienone is 3. The number of nitrogens with two attached hydrogens (primary N) is 2. The third kappa shape index (κ3) is 7.69. The molecule has 9 nitrogen and oxygen atoms in total. The number of hydrogen-bond acceptors (Lipinski definition) is 9. The SMILES string of the molecule is CC(C)C(=C/N)/C=C(\N)Nc1ccc2ncc(/C(C=N)=C/NCCCS(C)(=O)=O)cc2n1. The second-order valence-corrected chi connectivity index (χ2v) is 9.95. The molecule has 0 atom stereocenters. The van der Waals surface area contributed by atoms with Crippen LogP contribution in [-0.4, -0.2) is 43.2 Å². The monoisotopic (exact) mass is 457 g/mol. The van der Waals surface area contributed by atoms with Crippen LogP contribution in [0.2, 0.25) is 0 Å². The van der Waals surface area contributed by atoms with Crippen LogP contribution in [-0.2, 0) is 9.84 Å². The van der Waals surface area contributed by atoms with E-state index < -0.39 is 9.84 Å². The Labute approximate surface area is 189 Å². The zero-order chi connectivity index (χ0) is 23.7. The van der Waals surface area contributed by atoms with Crippen LogP contribution in [0.25, 0.3) is 16.6 Å². The zero-order valence-electron chi connectivity index (χ0n) is 18.6. The first kappa shape index (κ1) is 24.9. The molecule has 0 fully saturated rings. The summed E-state index contributed by atoms with van der Waals surface area (Å²) in [7, 11) is -2.98. The highest BCUT2D eigenvalue weighted by Gasteiger charge is 2.06. The van der Waals surface area contributed by atoms with Gasteiger partial charge < -0.3 is 27.5 Å². The van der Waals surface area contributed by atoms with Crippen molar-refractivity contribution in [1.82, 2.24) is 15.3 Å². The molecule has 0 aliphatic rings. The van der Waals surface area contributed by atoms with Crippen LogP contribution >= 0.6 is 0 Å². The summed E-state index contributed by atoms with van der Waals surface area (Å²) in [5.74, 6) is 1.33. The van der Waals surface area contributed by atoms with Crippen molar-refractivity contribution in [3.63, 3.8) is 0 Å². The molecule has 0 bridgehead atoms. The summed E-state index contributed by atoms with van der Waals surface area (Å²) in [6, 6.07) is 5.45. The summed E-state index contributed by atoms with van der Waals surface area (Å²) in [6.07, 6.45) is 9.56. The van der Waals surface area contributed by atoms with Gasteiger partial charge in [0, 0.05) is 42.5 Å². The minimum absolute atomic E-state index is 0.113. The van der Waals surface area contributed by atoms with E-state index in [1.165, 1.54) is 18.7 Å². The van der Waals surface area contributed by atoms with E-state index in [2.05, 4.69) is 20.6 Å². The maximum atomic E-state index is 11.2. The van der Waals surface area contributed by atoms with Crippen molar-refractivity contribution in [2.24, 2.45) is 17.4 Å². The van der Waals surface area contributed by atoms with E-state index in [1.54, 1.807) is 24.5 Å². The molecule has 2 rings (SSSR count). The third-order valence-corrected chi connectivity index (χ3v) is 5.60. The summed E-state index contributed by atoms with van der Waals surface area (Å²) in [6.45, 7) is 4.54. The Balaban J connectivity index is 2.19. The minimum Gasteiger partial charge on any atom is -0.404 e. The van der Waals surface area contributed by atoms with Crippen LogP contribution in [0.3, 0.4) is 0 Å². The first-order chi connectivity index (χ1) is 15.1. The van der Waals surface area contributed by atoms with Gasteiger partial charge >= 0.3 is 0 Å². The Morgan fingerprint density at radius 1 is 1.28 bits per heavy atom. The molecule has 2 aromatic rings. The van der Waals surface area contributed by atoms with Gasteiger partial charge in [-0.25, -0.2) is 13.4 Å². The predicted octanol–water partition coefficient (Wildman–Crippen LogP) is 2.36. The Kier molecular flexibility index (Phi) is 8.77. The molecule has 0 saturated carbocycles. The predicted molar refractivity (Wildman–Crippen MR) is 132 cm³/mol. The average Bonchev–Trinajstić information content (AvgIpc) is 2.73. The number of nitrogens with one attached hydrogen (secondary N) is 3. The van der Waals surface area contributed by atoms with Gasteiger partial charge in [-0.1, -0.05) is 13.8 Å². The van der Waals surface area contributed by atoms with Crippen molar-refractivity contribution >= 4 is 38.5 Å². The molecular weight excluding hydrogens is 426 g/mol. The van der Waals surface area contributed by atoms with Crippen LogP contribution in [0.1, 0.15) is 25.8 Å². The molecule has 32 heavy (non-hydrogen) atoms. The van der Waals surface area contributed by atoms with Gasteiger partial charge in [-0.05, 0) is 48.4 Å². The van der Waals surface area contributed by atoms with Gasteiger partial charge in [-0.15, -0.1) is 0 Å². The van der Waals surface area contributed by atoms with Gasteiger partial charge in [0.2, 0.25) is 0 Å². The molecule has 0 amide bonds. The van der Waals surface area contributed by atoms with E-state index in [0.29, 0.717) is 46.8 Å². The second kappa shape index (κ2) is 11.3. The van der Waals surface area contributed by atoms with E-state index in [0.717, 1.165) is 5.57 Å². The minimum atomic E-state index is -2.98. The molecule has 0 aliphatic heterocycles. The Morgan fingerprint density at radius 2 is 2.03 bits per heavy atom. The fraction of sp³-hybridized carbons (Fsp3) is 0.318. The van der Waals surface area contributed by atoms with E-state index in [1.807, 2.05) is 26.0 Å². The van der Waals surface area contributed by atoms with Crippen LogP contribution < -0.4 is 22.1 Å². The van der Waals surface area contributed by atoms with Crippen LogP contribution in [0, 0.1) is 11.3 Å². The Bertz CT molecular complexity index is 1150. The number of aromatic nitrogens is 2. The number of anilines is 1. The van der Waals surface area contributed by atoms with Crippen LogP contribution in [0.4, 0.5) is 5.82 Å². The number of rotatable bonds is 11. The van der Waals surface area contributed by atoms with E-state index in [4.69, 9.17) is 16.9 Å². The molecular formula is C22H31N7O2S. The van der Waals surface area contributed by atoms with Crippen LogP contribution in [0.15, 0.2) is 54.3 Å².